The van der Waals surface area contributed by atoms with E-state index >= 15 is 0 Å². The first-order chi connectivity index (χ1) is 9.32. The Morgan fingerprint density at radius 1 is 1.40 bits per heavy atom. The molecule has 0 aliphatic carbocycles. The van der Waals surface area contributed by atoms with Crippen LogP contribution in [-0.4, -0.2) is 35.6 Å². The minimum absolute atomic E-state index is 0.382. The topological polar surface area (TPSA) is 40.5 Å². The van der Waals surface area contributed by atoms with Crippen LogP contribution >= 0.6 is 0 Å². The van der Waals surface area contributed by atoms with Gasteiger partial charge in [-0.05, 0) is 18.2 Å². The normalized spacial score (nSPS) is 24.0. The monoisotopic (exact) mass is 287 g/mol. The second-order valence-electron chi connectivity index (χ2n) is 5.03. The van der Waals surface area contributed by atoms with Crippen LogP contribution in [0.4, 0.5) is 13.2 Å². The number of carbonyl (C=O) groups is 1. The molecule has 0 amide bonds. The molecule has 0 saturated carbocycles. The Balaban J connectivity index is 2.32. The molecule has 3 nitrogen and oxygen atoms in total. The van der Waals surface area contributed by atoms with Crippen molar-refractivity contribution < 1.29 is 23.1 Å². The highest BCUT2D eigenvalue weighted by atomic mass is 19.4. The molecule has 0 aromatic heterocycles. The van der Waals surface area contributed by atoms with Crippen molar-refractivity contribution >= 4 is 5.97 Å². The number of carboxylic acid groups (broad SMARTS) is 1. The molecule has 6 heteroatoms. The Morgan fingerprint density at radius 3 is 2.65 bits per heavy atom. The number of alkyl halides is 3. The van der Waals surface area contributed by atoms with Crippen LogP contribution in [0.15, 0.2) is 24.3 Å². The maximum Gasteiger partial charge on any atom is 0.416 e. The number of halogens is 3. The van der Waals surface area contributed by atoms with Crippen LogP contribution in [0.2, 0.25) is 0 Å². The molecule has 110 valence electrons. The molecule has 1 aromatic rings. The third kappa shape index (κ3) is 2.95. The molecule has 0 bridgehead atoms. The first kappa shape index (κ1) is 14.8. The van der Waals surface area contributed by atoms with Crippen LogP contribution in [0, 0.1) is 5.92 Å². The Morgan fingerprint density at radius 2 is 2.10 bits per heavy atom. The summed E-state index contributed by atoms with van der Waals surface area (Å²) in [6.07, 6.45) is -4.40. The summed E-state index contributed by atoms with van der Waals surface area (Å²) in [7, 11) is 0. The van der Waals surface area contributed by atoms with Crippen molar-refractivity contribution in [1.82, 2.24) is 4.90 Å². The highest BCUT2D eigenvalue weighted by molar-refractivity contribution is 5.72. The number of rotatable bonds is 3. The van der Waals surface area contributed by atoms with Crippen LogP contribution < -0.4 is 0 Å². The smallest absolute Gasteiger partial charge is 0.416 e. The number of aliphatic carboxylic acids is 1. The average molecular weight is 287 g/mol. The molecular weight excluding hydrogens is 271 g/mol. The van der Waals surface area contributed by atoms with Gasteiger partial charge in [0, 0.05) is 19.0 Å². The summed E-state index contributed by atoms with van der Waals surface area (Å²) in [5, 5.41) is 9.24. The van der Waals surface area contributed by atoms with Crippen LogP contribution in [-0.2, 0) is 11.0 Å². The molecular formula is C14H16F3NO2. The summed E-state index contributed by atoms with van der Waals surface area (Å²) < 4.78 is 38.2. The summed E-state index contributed by atoms with van der Waals surface area (Å²) in [4.78, 5) is 13.2. The Hall–Kier alpha value is -1.56. The Bertz CT molecular complexity index is 501. The van der Waals surface area contributed by atoms with E-state index in [0.29, 0.717) is 25.2 Å². The SMILES string of the molecule is CCN1CC(C(=O)O)C(c2cccc(C(F)(F)F)c2)C1. The lowest BCUT2D eigenvalue weighted by Crippen LogP contribution is -2.23. The lowest BCUT2D eigenvalue weighted by Gasteiger charge is -2.17. The number of carboxylic acids is 1. The van der Waals surface area contributed by atoms with Gasteiger partial charge in [-0.3, -0.25) is 4.79 Å². The first-order valence-corrected chi connectivity index (χ1v) is 6.45. The van der Waals surface area contributed by atoms with Gasteiger partial charge in [0.15, 0.2) is 0 Å². The van der Waals surface area contributed by atoms with Gasteiger partial charge < -0.3 is 10.0 Å². The maximum absolute atomic E-state index is 12.7. The van der Waals surface area contributed by atoms with Gasteiger partial charge in [0.05, 0.1) is 11.5 Å². The predicted octanol–water partition coefficient (Wildman–Crippen LogP) is 2.83. The molecule has 2 atom stereocenters. The zero-order chi connectivity index (χ0) is 14.9. The minimum Gasteiger partial charge on any atom is -0.481 e. The van der Waals surface area contributed by atoms with Crippen LogP contribution in [0.25, 0.3) is 0 Å². The van der Waals surface area contributed by atoms with E-state index in [-0.39, 0.29) is 0 Å². The molecule has 1 N–H and O–H groups in total. The third-order valence-corrected chi connectivity index (χ3v) is 3.80. The molecule has 20 heavy (non-hydrogen) atoms. The lowest BCUT2D eigenvalue weighted by molar-refractivity contribution is -0.141. The highest BCUT2D eigenvalue weighted by Gasteiger charge is 2.39. The average Bonchev–Trinajstić information content (AvgIpc) is 2.82. The van der Waals surface area contributed by atoms with Crippen molar-refractivity contribution in [2.24, 2.45) is 5.92 Å². The van der Waals surface area contributed by atoms with Crippen molar-refractivity contribution in [2.45, 2.75) is 19.0 Å². The van der Waals surface area contributed by atoms with E-state index in [4.69, 9.17) is 0 Å². The predicted molar refractivity (Wildman–Crippen MR) is 67.4 cm³/mol. The third-order valence-electron chi connectivity index (χ3n) is 3.80. The van der Waals surface area contributed by atoms with Gasteiger partial charge in [0.25, 0.3) is 0 Å². The summed E-state index contributed by atoms with van der Waals surface area (Å²) in [5.74, 6) is -2.00. The molecule has 1 aliphatic rings. The molecule has 2 rings (SSSR count). The molecule has 1 fully saturated rings. The summed E-state index contributed by atoms with van der Waals surface area (Å²) >= 11 is 0. The fourth-order valence-corrected chi connectivity index (χ4v) is 2.68. The molecule has 0 spiro atoms. The Kier molecular flexibility index (Phi) is 4.04. The molecule has 1 aliphatic heterocycles. The number of nitrogens with zero attached hydrogens (tertiary/aromatic N) is 1. The molecule has 1 aromatic carbocycles. The fraction of sp³-hybridized carbons (Fsp3) is 0.500. The largest absolute Gasteiger partial charge is 0.481 e. The van der Waals surface area contributed by atoms with Gasteiger partial charge in [-0.15, -0.1) is 0 Å². The van der Waals surface area contributed by atoms with Crippen molar-refractivity contribution in [3.63, 3.8) is 0 Å². The number of hydrogen-bond acceptors (Lipinski definition) is 2. The van der Waals surface area contributed by atoms with Gasteiger partial charge >= 0.3 is 12.1 Å². The fourth-order valence-electron chi connectivity index (χ4n) is 2.68. The molecule has 0 radical (unpaired) electrons. The zero-order valence-corrected chi connectivity index (χ0v) is 11.0. The van der Waals surface area contributed by atoms with Crippen LogP contribution in [0.3, 0.4) is 0 Å². The van der Waals surface area contributed by atoms with E-state index in [1.807, 2.05) is 11.8 Å². The van der Waals surface area contributed by atoms with E-state index in [2.05, 4.69) is 0 Å². The summed E-state index contributed by atoms with van der Waals surface area (Å²) in [5.41, 5.74) is -0.280. The van der Waals surface area contributed by atoms with Gasteiger partial charge in [0.2, 0.25) is 0 Å². The maximum atomic E-state index is 12.7. The minimum atomic E-state index is -4.40. The van der Waals surface area contributed by atoms with E-state index in [1.165, 1.54) is 6.07 Å². The standard InChI is InChI=1S/C14H16F3NO2/c1-2-18-7-11(12(8-18)13(19)20)9-4-3-5-10(6-9)14(15,16)17/h3-6,11-12H,2,7-8H2,1H3,(H,19,20). The molecule has 1 saturated heterocycles. The second-order valence-corrected chi connectivity index (χ2v) is 5.03. The van der Waals surface area contributed by atoms with Gasteiger partial charge in [-0.25, -0.2) is 0 Å². The molecule has 1 heterocycles. The van der Waals surface area contributed by atoms with Crippen molar-refractivity contribution in [1.29, 1.82) is 0 Å². The summed E-state index contributed by atoms with van der Waals surface area (Å²) in [6, 6.07) is 4.99. The lowest BCUT2D eigenvalue weighted by atomic mass is 9.88. The van der Waals surface area contributed by atoms with Crippen LogP contribution in [0.5, 0.6) is 0 Å². The number of hydrogen-bond donors (Lipinski definition) is 1. The van der Waals surface area contributed by atoms with E-state index in [1.54, 1.807) is 6.07 Å². The Labute approximate surface area is 115 Å². The second kappa shape index (κ2) is 5.44. The number of benzene rings is 1. The van der Waals surface area contributed by atoms with Gasteiger partial charge in [-0.1, -0.05) is 25.1 Å². The zero-order valence-electron chi connectivity index (χ0n) is 11.0. The van der Waals surface area contributed by atoms with Crippen molar-refractivity contribution in [3.05, 3.63) is 35.4 Å². The quantitative estimate of drug-likeness (QED) is 0.929. The molecule has 2 unspecified atom stereocenters. The van der Waals surface area contributed by atoms with E-state index < -0.39 is 29.5 Å². The summed E-state index contributed by atoms with van der Waals surface area (Å²) in [6.45, 7) is 3.47. The number of likely N-dealkylation sites (tertiary alicyclic amines) is 1. The van der Waals surface area contributed by atoms with Crippen molar-refractivity contribution in [2.75, 3.05) is 19.6 Å². The van der Waals surface area contributed by atoms with E-state index in [9.17, 15) is 23.1 Å². The first-order valence-electron chi connectivity index (χ1n) is 6.45. The van der Waals surface area contributed by atoms with Gasteiger partial charge in [-0.2, -0.15) is 13.2 Å². The van der Waals surface area contributed by atoms with Crippen molar-refractivity contribution in [3.8, 4) is 0 Å². The van der Waals surface area contributed by atoms with Crippen LogP contribution in [0.1, 0.15) is 24.0 Å². The highest BCUT2D eigenvalue weighted by Crippen LogP contribution is 2.36. The number of likely N-dealkylation sites (N-methyl/N-ethyl adjacent to an activating group) is 1. The van der Waals surface area contributed by atoms with Gasteiger partial charge in [0.1, 0.15) is 0 Å². The van der Waals surface area contributed by atoms with E-state index in [0.717, 1.165) is 12.1 Å².